The Labute approximate surface area is 70.4 Å². The Hall–Kier alpha value is -1.58. The molecule has 0 bridgehead atoms. The van der Waals surface area contributed by atoms with Crippen LogP contribution in [0.2, 0.25) is 0 Å². The lowest BCUT2D eigenvalue weighted by atomic mass is 10.4. The van der Waals surface area contributed by atoms with Crippen molar-refractivity contribution >= 4 is 11.3 Å². The summed E-state index contributed by atoms with van der Waals surface area (Å²) in [5.41, 5.74) is 1.03. The van der Waals surface area contributed by atoms with Crippen LogP contribution in [0.4, 0.5) is 5.82 Å². The highest BCUT2D eigenvalue weighted by molar-refractivity contribution is 5.67. The van der Waals surface area contributed by atoms with E-state index in [9.17, 15) is 0 Å². The van der Waals surface area contributed by atoms with Gasteiger partial charge in [-0.25, -0.2) is 9.50 Å². The van der Waals surface area contributed by atoms with Gasteiger partial charge in [-0.3, -0.25) is 0 Å². The van der Waals surface area contributed by atoms with Gasteiger partial charge in [0.2, 0.25) is 0 Å². The lowest BCUT2D eigenvalue weighted by Gasteiger charge is -2.11. The minimum Gasteiger partial charge on any atom is -0.361 e. The highest BCUT2D eigenvalue weighted by Crippen LogP contribution is 2.14. The van der Waals surface area contributed by atoms with Crippen molar-refractivity contribution in [1.29, 1.82) is 0 Å². The molecule has 0 fully saturated rings. The second-order valence-electron chi connectivity index (χ2n) is 2.81. The average Bonchev–Trinajstić information content (AvgIpc) is 2.49. The van der Waals surface area contributed by atoms with E-state index in [2.05, 4.69) is 10.1 Å². The molecule has 4 heteroatoms. The summed E-state index contributed by atoms with van der Waals surface area (Å²) in [6.45, 7) is 0. The van der Waals surface area contributed by atoms with Gasteiger partial charge in [-0.05, 0) is 6.07 Å². The SMILES string of the molecule is CN(C)c1nccn2nccc12. The van der Waals surface area contributed by atoms with Crippen LogP contribution in [0.5, 0.6) is 0 Å². The van der Waals surface area contributed by atoms with E-state index in [0.717, 1.165) is 11.3 Å². The van der Waals surface area contributed by atoms with Gasteiger partial charge in [0.15, 0.2) is 5.82 Å². The van der Waals surface area contributed by atoms with E-state index in [1.165, 1.54) is 0 Å². The molecule has 2 aromatic heterocycles. The van der Waals surface area contributed by atoms with E-state index in [1.807, 2.05) is 35.8 Å². The van der Waals surface area contributed by atoms with Crippen molar-refractivity contribution < 1.29 is 0 Å². The maximum Gasteiger partial charge on any atom is 0.154 e. The number of nitrogens with zero attached hydrogens (tertiary/aromatic N) is 4. The van der Waals surface area contributed by atoms with Gasteiger partial charge in [0.25, 0.3) is 0 Å². The second-order valence-corrected chi connectivity index (χ2v) is 2.81. The summed E-state index contributed by atoms with van der Waals surface area (Å²) in [7, 11) is 3.94. The van der Waals surface area contributed by atoms with Crippen LogP contribution in [-0.4, -0.2) is 28.7 Å². The zero-order valence-electron chi connectivity index (χ0n) is 7.10. The number of hydrogen-bond donors (Lipinski definition) is 0. The maximum atomic E-state index is 4.24. The van der Waals surface area contributed by atoms with Gasteiger partial charge in [0, 0.05) is 26.5 Å². The third-order valence-corrected chi connectivity index (χ3v) is 1.73. The van der Waals surface area contributed by atoms with Gasteiger partial charge in [0.05, 0.1) is 6.20 Å². The summed E-state index contributed by atoms with van der Waals surface area (Å²) in [5, 5.41) is 4.11. The molecule has 0 aliphatic rings. The van der Waals surface area contributed by atoms with Crippen LogP contribution >= 0.6 is 0 Å². The first-order valence-corrected chi connectivity index (χ1v) is 3.75. The number of rotatable bonds is 1. The first-order valence-electron chi connectivity index (χ1n) is 3.75. The molecule has 0 aliphatic heterocycles. The molecule has 4 nitrogen and oxygen atoms in total. The van der Waals surface area contributed by atoms with E-state index >= 15 is 0 Å². The van der Waals surface area contributed by atoms with Crippen molar-refractivity contribution in [3.05, 3.63) is 24.7 Å². The van der Waals surface area contributed by atoms with Crippen molar-refractivity contribution in [2.75, 3.05) is 19.0 Å². The molecule has 0 aliphatic carbocycles. The fraction of sp³-hybridized carbons (Fsp3) is 0.250. The lowest BCUT2D eigenvalue weighted by molar-refractivity contribution is 0.932. The summed E-state index contributed by atoms with van der Waals surface area (Å²) < 4.78 is 1.81. The minimum absolute atomic E-state index is 0.940. The van der Waals surface area contributed by atoms with Gasteiger partial charge >= 0.3 is 0 Å². The number of hydrogen-bond acceptors (Lipinski definition) is 3. The molecule has 0 radical (unpaired) electrons. The van der Waals surface area contributed by atoms with E-state index in [-0.39, 0.29) is 0 Å². The summed E-state index contributed by atoms with van der Waals surface area (Å²) >= 11 is 0. The Kier molecular flexibility index (Phi) is 1.46. The maximum absolute atomic E-state index is 4.24. The topological polar surface area (TPSA) is 33.4 Å². The fourth-order valence-electron chi connectivity index (χ4n) is 1.19. The molecule has 62 valence electrons. The van der Waals surface area contributed by atoms with E-state index in [4.69, 9.17) is 0 Å². The van der Waals surface area contributed by atoms with Crippen molar-refractivity contribution in [3.8, 4) is 0 Å². The van der Waals surface area contributed by atoms with E-state index < -0.39 is 0 Å². The summed E-state index contributed by atoms with van der Waals surface area (Å²) in [5.74, 6) is 0.940. The van der Waals surface area contributed by atoms with Crippen LogP contribution in [-0.2, 0) is 0 Å². The molecule has 2 heterocycles. The standard InChI is InChI=1S/C8H10N4/c1-11(2)8-7-3-4-10-12(7)6-5-9-8/h3-6H,1-2H3. The Bertz CT molecular complexity index is 391. The van der Waals surface area contributed by atoms with Gasteiger partial charge < -0.3 is 4.90 Å². The van der Waals surface area contributed by atoms with Crippen LogP contribution in [0, 0.1) is 0 Å². The zero-order chi connectivity index (χ0) is 8.55. The highest BCUT2D eigenvalue weighted by Gasteiger charge is 2.03. The molecule has 0 unspecified atom stereocenters. The average molecular weight is 162 g/mol. The molecule has 0 N–H and O–H groups in total. The molecule has 12 heavy (non-hydrogen) atoms. The molecule has 0 atom stereocenters. The zero-order valence-corrected chi connectivity index (χ0v) is 7.10. The largest absolute Gasteiger partial charge is 0.361 e. The predicted octanol–water partition coefficient (Wildman–Crippen LogP) is 0.795. The summed E-state index contributed by atoms with van der Waals surface area (Å²) in [6, 6.07) is 1.95. The molecule has 0 saturated carbocycles. The van der Waals surface area contributed by atoms with E-state index in [0.29, 0.717) is 0 Å². The number of aromatic nitrogens is 3. The summed E-state index contributed by atoms with van der Waals surface area (Å²) in [6.07, 6.45) is 5.35. The first kappa shape index (κ1) is 7.09. The van der Waals surface area contributed by atoms with Crippen LogP contribution in [0.25, 0.3) is 5.52 Å². The Balaban J connectivity index is 2.73. The fourth-order valence-corrected chi connectivity index (χ4v) is 1.19. The number of anilines is 1. The first-order chi connectivity index (χ1) is 5.79. The van der Waals surface area contributed by atoms with Gasteiger partial charge in [-0.15, -0.1) is 0 Å². The Morgan fingerprint density at radius 3 is 2.92 bits per heavy atom. The van der Waals surface area contributed by atoms with Crippen molar-refractivity contribution in [2.24, 2.45) is 0 Å². The van der Waals surface area contributed by atoms with Gasteiger partial charge in [0.1, 0.15) is 5.52 Å². The molecule has 2 aromatic rings. The normalized spacial score (nSPS) is 10.5. The molecular formula is C8H10N4. The third-order valence-electron chi connectivity index (χ3n) is 1.73. The van der Waals surface area contributed by atoms with Gasteiger partial charge in [-0.1, -0.05) is 0 Å². The second kappa shape index (κ2) is 2.48. The molecule has 0 spiro atoms. The lowest BCUT2D eigenvalue weighted by Crippen LogP contribution is -2.11. The molecule has 0 saturated heterocycles. The highest BCUT2D eigenvalue weighted by atomic mass is 15.2. The smallest absolute Gasteiger partial charge is 0.154 e. The third kappa shape index (κ3) is 0.922. The monoisotopic (exact) mass is 162 g/mol. The van der Waals surface area contributed by atoms with Crippen LogP contribution < -0.4 is 4.90 Å². The molecule has 0 aromatic carbocycles. The molecular weight excluding hydrogens is 152 g/mol. The van der Waals surface area contributed by atoms with Crippen molar-refractivity contribution in [2.45, 2.75) is 0 Å². The van der Waals surface area contributed by atoms with Crippen molar-refractivity contribution in [3.63, 3.8) is 0 Å². The number of fused-ring (bicyclic) bond motifs is 1. The van der Waals surface area contributed by atoms with Crippen LogP contribution in [0.1, 0.15) is 0 Å². The van der Waals surface area contributed by atoms with Gasteiger partial charge in [-0.2, -0.15) is 5.10 Å². The Morgan fingerprint density at radius 2 is 2.17 bits per heavy atom. The molecule has 0 amide bonds. The minimum atomic E-state index is 0.940. The summed E-state index contributed by atoms with van der Waals surface area (Å²) in [4.78, 5) is 6.21. The Morgan fingerprint density at radius 1 is 1.33 bits per heavy atom. The molecule has 2 rings (SSSR count). The quantitative estimate of drug-likeness (QED) is 0.621. The van der Waals surface area contributed by atoms with Crippen LogP contribution in [0.3, 0.4) is 0 Å². The van der Waals surface area contributed by atoms with Crippen LogP contribution in [0.15, 0.2) is 24.7 Å². The van der Waals surface area contributed by atoms with E-state index in [1.54, 1.807) is 12.4 Å². The van der Waals surface area contributed by atoms with Crippen molar-refractivity contribution in [1.82, 2.24) is 14.6 Å². The predicted molar refractivity (Wildman–Crippen MR) is 47.3 cm³/mol.